The SMILES string of the molecule is [CH2]C(C)C[SH]1C=CC=C1. The molecule has 0 aromatic rings. The standard InChI is InChI=1S/C8H13S/c1-8(2)7-9-5-3-4-6-9/h3-6,8-9H,1,7H2,2H3. The summed E-state index contributed by atoms with van der Waals surface area (Å²) < 4.78 is 0. The van der Waals surface area contributed by atoms with Crippen LogP contribution in [0.15, 0.2) is 23.0 Å². The van der Waals surface area contributed by atoms with Gasteiger partial charge in [-0.3, -0.25) is 0 Å². The molecule has 0 bridgehead atoms. The first kappa shape index (κ1) is 6.94. The molecule has 1 heteroatoms. The summed E-state index contributed by atoms with van der Waals surface area (Å²) in [4.78, 5) is 0. The second kappa shape index (κ2) is 3.11. The third-order valence-electron chi connectivity index (χ3n) is 1.19. The van der Waals surface area contributed by atoms with Gasteiger partial charge in [0.1, 0.15) is 0 Å². The maximum atomic E-state index is 3.95. The fourth-order valence-corrected chi connectivity index (χ4v) is 2.56. The van der Waals surface area contributed by atoms with Gasteiger partial charge in [-0.1, -0.05) is 19.1 Å². The predicted octanol–water partition coefficient (Wildman–Crippen LogP) is 2.50. The molecule has 1 atom stereocenters. The molecular weight excluding hydrogens is 128 g/mol. The van der Waals surface area contributed by atoms with Crippen molar-refractivity contribution in [3.8, 4) is 0 Å². The van der Waals surface area contributed by atoms with E-state index in [1.54, 1.807) is 0 Å². The van der Waals surface area contributed by atoms with Crippen molar-refractivity contribution >= 4 is 10.9 Å². The van der Waals surface area contributed by atoms with Crippen molar-refractivity contribution in [1.82, 2.24) is 0 Å². The molecule has 0 amide bonds. The molecule has 0 aromatic carbocycles. The van der Waals surface area contributed by atoms with Gasteiger partial charge in [0.15, 0.2) is 0 Å². The Bertz CT molecular complexity index is 122. The lowest BCUT2D eigenvalue weighted by atomic mass is 10.3. The molecule has 1 aliphatic heterocycles. The van der Waals surface area contributed by atoms with Crippen LogP contribution >= 0.6 is 10.9 Å². The smallest absolute Gasteiger partial charge is 0.0159 e. The maximum absolute atomic E-state index is 3.95. The predicted molar refractivity (Wildman–Crippen MR) is 46.7 cm³/mol. The zero-order valence-corrected chi connectivity index (χ0v) is 6.64. The lowest BCUT2D eigenvalue weighted by Gasteiger charge is -2.11. The minimum absolute atomic E-state index is 0.0918. The average Bonchev–Trinajstić information content (AvgIpc) is 2.15. The van der Waals surface area contributed by atoms with E-state index in [-0.39, 0.29) is 10.9 Å². The van der Waals surface area contributed by atoms with E-state index in [1.807, 2.05) is 0 Å². The Morgan fingerprint density at radius 1 is 1.44 bits per heavy atom. The Morgan fingerprint density at radius 2 is 2.00 bits per heavy atom. The van der Waals surface area contributed by atoms with Crippen LogP contribution in [0, 0.1) is 12.8 Å². The molecule has 1 radical (unpaired) electrons. The molecule has 1 rings (SSSR count). The molecule has 1 unspecified atom stereocenters. The van der Waals surface area contributed by atoms with Crippen molar-refractivity contribution in [2.75, 3.05) is 5.75 Å². The number of hydrogen-bond acceptors (Lipinski definition) is 0. The van der Waals surface area contributed by atoms with Gasteiger partial charge in [-0.15, -0.1) is 0 Å². The van der Waals surface area contributed by atoms with Crippen LogP contribution in [0.25, 0.3) is 0 Å². The van der Waals surface area contributed by atoms with Crippen LogP contribution in [0.4, 0.5) is 0 Å². The third kappa shape index (κ3) is 2.27. The Hall–Kier alpha value is -0.170. The van der Waals surface area contributed by atoms with Crippen LogP contribution in [-0.2, 0) is 0 Å². The van der Waals surface area contributed by atoms with E-state index in [0.29, 0.717) is 5.92 Å². The minimum atomic E-state index is 0.0918. The maximum Gasteiger partial charge on any atom is -0.0159 e. The summed E-state index contributed by atoms with van der Waals surface area (Å²) in [6, 6.07) is 0. The molecule has 51 valence electrons. The van der Waals surface area contributed by atoms with Crippen molar-refractivity contribution in [3.63, 3.8) is 0 Å². The topological polar surface area (TPSA) is 0 Å². The van der Waals surface area contributed by atoms with E-state index < -0.39 is 0 Å². The van der Waals surface area contributed by atoms with E-state index in [4.69, 9.17) is 0 Å². The van der Waals surface area contributed by atoms with Gasteiger partial charge in [0, 0.05) is 0 Å². The number of hydrogen-bond donors (Lipinski definition) is 1. The second-order valence-electron chi connectivity index (χ2n) is 2.49. The van der Waals surface area contributed by atoms with Gasteiger partial charge in [-0.2, -0.15) is 0 Å². The zero-order valence-electron chi connectivity index (χ0n) is 5.75. The first-order chi connectivity index (χ1) is 4.29. The molecule has 0 saturated carbocycles. The van der Waals surface area contributed by atoms with Gasteiger partial charge in [0.05, 0.1) is 0 Å². The normalized spacial score (nSPS) is 20.1. The van der Waals surface area contributed by atoms with Crippen molar-refractivity contribution < 1.29 is 0 Å². The molecule has 0 N–H and O–H groups in total. The van der Waals surface area contributed by atoms with Crippen molar-refractivity contribution in [3.05, 3.63) is 29.9 Å². The summed E-state index contributed by atoms with van der Waals surface area (Å²) in [6.07, 6.45) is 4.27. The summed E-state index contributed by atoms with van der Waals surface area (Å²) in [6.45, 7) is 6.12. The summed E-state index contributed by atoms with van der Waals surface area (Å²) in [5.74, 6) is 1.85. The van der Waals surface area contributed by atoms with Gasteiger partial charge < -0.3 is 0 Å². The first-order valence-corrected chi connectivity index (χ1v) is 4.89. The molecule has 0 aliphatic carbocycles. The summed E-state index contributed by atoms with van der Waals surface area (Å²) in [7, 11) is 0.0918. The molecule has 1 heterocycles. The molecule has 9 heavy (non-hydrogen) atoms. The average molecular weight is 141 g/mol. The molecular formula is C8H13S. The molecule has 0 nitrogen and oxygen atoms in total. The second-order valence-corrected chi connectivity index (χ2v) is 4.47. The Kier molecular flexibility index (Phi) is 2.40. The number of thiol groups is 1. The van der Waals surface area contributed by atoms with E-state index in [9.17, 15) is 0 Å². The third-order valence-corrected chi connectivity index (χ3v) is 3.34. The van der Waals surface area contributed by atoms with Gasteiger partial charge in [0.25, 0.3) is 0 Å². The monoisotopic (exact) mass is 141 g/mol. The fraction of sp³-hybridized carbons (Fsp3) is 0.375. The first-order valence-electron chi connectivity index (χ1n) is 3.23. The number of rotatable bonds is 2. The van der Waals surface area contributed by atoms with Crippen molar-refractivity contribution in [2.45, 2.75) is 6.92 Å². The van der Waals surface area contributed by atoms with Crippen LogP contribution in [0.3, 0.4) is 0 Å². The van der Waals surface area contributed by atoms with Gasteiger partial charge >= 0.3 is 0 Å². The van der Waals surface area contributed by atoms with Crippen LogP contribution in [0.1, 0.15) is 6.92 Å². The fourth-order valence-electron chi connectivity index (χ4n) is 0.852. The highest BCUT2D eigenvalue weighted by molar-refractivity contribution is 8.22. The Balaban J connectivity index is 2.29. The summed E-state index contributed by atoms with van der Waals surface area (Å²) in [5, 5.41) is 4.58. The van der Waals surface area contributed by atoms with Gasteiger partial charge in [-0.05, 0) is 29.4 Å². The molecule has 1 aliphatic rings. The van der Waals surface area contributed by atoms with Crippen molar-refractivity contribution in [1.29, 1.82) is 0 Å². The zero-order chi connectivity index (χ0) is 6.69. The van der Waals surface area contributed by atoms with E-state index in [2.05, 4.69) is 36.8 Å². The van der Waals surface area contributed by atoms with Crippen LogP contribution < -0.4 is 0 Å². The molecule has 0 fully saturated rings. The summed E-state index contributed by atoms with van der Waals surface area (Å²) in [5.41, 5.74) is 0. The Labute approximate surface area is 60.0 Å². The van der Waals surface area contributed by atoms with Crippen LogP contribution in [0.5, 0.6) is 0 Å². The highest BCUT2D eigenvalue weighted by atomic mass is 32.2. The summed E-state index contributed by atoms with van der Waals surface area (Å²) >= 11 is 0. The minimum Gasteiger partial charge on any atom is -0.213 e. The number of allylic oxidation sites excluding steroid dienone is 2. The highest BCUT2D eigenvalue weighted by Crippen LogP contribution is 2.34. The van der Waals surface area contributed by atoms with Gasteiger partial charge in [-0.25, -0.2) is 10.9 Å². The highest BCUT2D eigenvalue weighted by Gasteiger charge is 2.00. The molecule has 0 aromatic heterocycles. The van der Waals surface area contributed by atoms with E-state index >= 15 is 0 Å². The van der Waals surface area contributed by atoms with Crippen molar-refractivity contribution in [2.24, 2.45) is 5.92 Å². The van der Waals surface area contributed by atoms with E-state index in [1.165, 1.54) is 5.75 Å². The van der Waals surface area contributed by atoms with E-state index in [0.717, 1.165) is 0 Å². The quantitative estimate of drug-likeness (QED) is 0.561. The molecule has 0 spiro atoms. The largest absolute Gasteiger partial charge is 0.213 e. The van der Waals surface area contributed by atoms with Crippen LogP contribution in [0.2, 0.25) is 0 Å². The molecule has 0 saturated heterocycles. The van der Waals surface area contributed by atoms with Crippen LogP contribution in [-0.4, -0.2) is 5.75 Å². The lowest BCUT2D eigenvalue weighted by Crippen LogP contribution is -1.92. The Morgan fingerprint density at radius 3 is 2.44 bits per heavy atom. The van der Waals surface area contributed by atoms with Gasteiger partial charge in [0.2, 0.25) is 0 Å². The lowest BCUT2D eigenvalue weighted by molar-refractivity contribution is 0.842.